The fourth-order valence-electron chi connectivity index (χ4n) is 2.92. The molecular weight excluding hydrogens is 206 g/mol. The highest BCUT2D eigenvalue weighted by atomic mass is 14.6. The van der Waals surface area contributed by atoms with E-state index < -0.39 is 0 Å². The maximum atomic E-state index is 6.12. The number of allylic oxidation sites excluding steroid dienone is 1. The van der Waals surface area contributed by atoms with Crippen LogP contribution in [0.3, 0.4) is 0 Å². The Balaban J connectivity index is 2.17. The molecule has 0 amide bonds. The second-order valence-corrected chi connectivity index (χ2v) is 6.14. The number of hydrogen-bond donors (Lipinski definition) is 1. The van der Waals surface area contributed by atoms with Crippen LogP contribution < -0.4 is 5.73 Å². The van der Waals surface area contributed by atoms with Crippen molar-refractivity contribution in [2.24, 2.45) is 11.1 Å². The van der Waals surface area contributed by atoms with E-state index in [0.717, 1.165) is 12.8 Å². The van der Waals surface area contributed by atoms with Gasteiger partial charge in [-0.2, -0.15) is 0 Å². The summed E-state index contributed by atoms with van der Waals surface area (Å²) < 4.78 is 0. The van der Waals surface area contributed by atoms with E-state index in [1.54, 1.807) is 0 Å². The first kappa shape index (κ1) is 12.4. The van der Waals surface area contributed by atoms with Gasteiger partial charge in [0.25, 0.3) is 0 Å². The Hall–Kier alpha value is -1.08. The van der Waals surface area contributed by atoms with Gasteiger partial charge in [0.2, 0.25) is 0 Å². The maximum absolute atomic E-state index is 6.12. The minimum atomic E-state index is 0.234. The predicted octanol–water partition coefficient (Wildman–Crippen LogP) is 3.61. The fraction of sp³-hybridized carbons (Fsp3) is 0.500. The van der Waals surface area contributed by atoms with Crippen LogP contribution in [0.25, 0.3) is 0 Å². The van der Waals surface area contributed by atoms with Gasteiger partial charge in [-0.1, -0.05) is 49.8 Å². The van der Waals surface area contributed by atoms with Crippen LogP contribution in [0.1, 0.15) is 37.8 Å². The smallest absolute Gasteiger partial charge is 0.0231 e. The molecule has 0 bridgehead atoms. The molecule has 0 saturated heterocycles. The van der Waals surface area contributed by atoms with Crippen molar-refractivity contribution >= 4 is 0 Å². The van der Waals surface area contributed by atoms with E-state index in [1.807, 2.05) is 0 Å². The maximum Gasteiger partial charge on any atom is 0.0231 e. The third-order valence-corrected chi connectivity index (χ3v) is 3.62. The lowest BCUT2D eigenvalue weighted by Crippen LogP contribution is -2.31. The van der Waals surface area contributed by atoms with Crippen molar-refractivity contribution in [2.45, 2.75) is 46.1 Å². The van der Waals surface area contributed by atoms with Gasteiger partial charge >= 0.3 is 0 Å². The first-order chi connectivity index (χ1) is 7.96. The van der Waals surface area contributed by atoms with E-state index in [-0.39, 0.29) is 6.04 Å². The molecule has 1 unspecified atom stereocenters. The molecule has 1 atom stereocenters. The Morgan fingerprint density at radius 1 is 1.29 bits per heavy atom. The first-order valence-electron chi connectivity index (χ1n) is 6.46. The zero-order valence-corrected chi connectivity index (χ0v) is 11.2. The molecule has 92 valence electrons. The van der Waals surface area contributed by atoms with E-state index in [1.165, 1.54) is 23.1 Å². The Kier molecular flexibility index (Phi) is 3.39. The quantitative estimate of drug-likeness (QED) is 0.770. The summed E-state index contributed by atoms with van der Waals surface area (Å²) in [6.07, 6.45) is 5.61. The molecule has 2 N–H and O–H groups in total. The zero-order valence-electron chi connectivity index (χ0n) is 11.2. The fourth-order valence-corrected chi connectivity index (χ4v) is 2.92. The van der Waals surface area contributed by atoms with Gasteiger partial charge in [0, 0.05) is 6.04 Å². The van der Waals surface area contributed by atoms with Gasteiger partial charge < -0.3 is 5.73 Å². The van der Waals surface area contributed by atoms with Gasteiger partial charge in [0.1, 0.15) is 0 Å². The topological polar surface area (TPSA) is 26.0 Å². The lowest BCUT2D eigenvalue weighted by molar-refractivity contribution is 0.299. The summed E-state index contributed by atoms with van der Waals surface area (Å²) in [6.45, 7) is 6.82. The summed E-state index contributed by atoms with van der Waals surface area (Å²) in [7, 11) is 0. The molecule has 1 heteroatoms. The summed E-state index contributed by atoms with van der Waals surface area (Å²) in [4.78, 5) is 0. The Bertz CT molecular complexity index is 429. The summed E-state index contributed by atoms with van der Waals surface area (Å²) in [5.74, 6) is 0. The molecule has 1 aromatic carbocycles. The molecule has 0 aromatic heterocycles. The molecule has 0 radical (unpaired) electrons. The van der Waals surface area contributed by atoms with Gasteiger partial charge in [-0.15, -0.1) is 0 Å². The van der Waals surface area contributed by atoms with E-state index in [4.69, 9.17) is 5.73 Å². The molecule has 2 rings (SSSR count). The number of aryl methyl sites for hydroxylation is 1. The van der Waals surface area contributed by atoms with Gasteiger partial charge in [0.05, 0.1) is 0 Å². The van der Waals surface area contributed by atoms with Crippen molar-refractivity contribution in [3.63, 3.8) is 0 Å². The van der Waals surface area contributed by atoms with Crippen LogP contribution in [0.4, 0.5) is 0 Å². The lowest BCUT2D eigenvalue weighted by Gasteiger charge is -2.33. The molecular formula is C16H23N. The molecule has 1 nitrogen and oxygen atoms in total. The van der Waals surface area contributed by atoms with Crippen LogP contribution >= 0.6 is 0 Å². The molecule has 1 aromatic rings. The van der Waals surface area contributed by atoms with Gasteiger partial charge in [0.15, 0.2) is 0 Å². The zero-order chi connectivity index (χ0) is 12.5. The van der Waals surface area contributed by atoms with E-state index >= 15 is 0 Å². The van der Waals surface area contributed by atoms with Crippen LogP contribution in [0.5, 0.6) is 0 Å². The summed E-state index contributed by atoms with van der Waals surface area (Å²) in [5.41, 5.74) is 10.8. The second-order valence-electron chi connectivity index (χ2n) is 6.14. The molecule has 1 aliphatic carbocycles. The predicted molar refractivity (Wildman–Crippen MR) is 74.0 cm³/mol. The number of benzene rings is 1. The van der Waals surface area contributed by atoms with Gasteiger partial charge in [-0.05, 0) is 42.7 Å². The SMILES string of the molecule is Cc1ccccc1CC1=CC(N)CC(C)(C)C1. The van der Waals surface area contributed by atoms with Gasteiger partial charge in [-0.3, -0.25) is 0 Å². The van der Waals surface area contributed by atoms with Gasteiger partial charge in [-0.25, -0.2) is 0 Å². The monoisotopic (exact) mass is 229 g/mol. The van der Waals surface area contributed by atoms with Crippen molar-refractivity contribution in [2.75, 3.05) is 0 Å². The molecule has 0 heterocycles. The number of nitrogens with two attached hydrogens (primary N) is 1. The molecule has 1 aliphatic rings. The summed E-state index contributed by atoms with van der Waals surface area (Å²) in [5, 5.41) is 0. The number of rotatable bonds is 2. The van der Waals surface area contributed by atoms with Crippen molar-refractivity contribution in [1.29, 1.82) is 0 Å². The summed E-state index contributed by atoms with van der Waals surface area (Å²) in [6, 6.07) is 8.87. The molecule has 0 aliphatic heterocycles. The number of hydrogen-bond acceptors (Lipinski definition) is 1. The third-order valence-electron chi connectivity index (χ3n) is 3.62. The minimum absolute atomic E-state index is 0.234. The lowest BCUT2D eigenvalue weighted by atomic mass is 9.74. The minimum Gasteiger partial charge on any atom is -0.324 e. The molecule has 0 fully saturated rings. The summed E-state index contributed by atoms with van der Waals surface area (Å²) >= 11 is 0. The van der Waals surface area contributed by atoms with E-state index in [9.17, 15) is 0 Å². The van der Waals surface area contributed by atoms with Crippen LogP contribution in [-0.2, 0) is 6.42 Å². The van der Waals surface area contributed by atoms with Crippen LogP contribution in [0.15, 0.2) is 35.9 Å². The standard InChI is InChI=1S/C16H23N/c1-12-6-4-5-7-14(12)8-13-9-15(17)11-16(2,3)10-13/h4-7,9,15H,8,10-11,17H2,1-3H3. The highest BCUT2D eigenvalue weighted by molar-refractivity contribution is 5.31. The van der Waals surface area contributed by atoms with Crippen molar-refractivity contribution in [1.82, 2.24) is 0 Å². The van der Waals surface area contributed by atoms with Crippen molar-refractivity contribution in [3.8, 4) is 0 Å². The normalized spacial score (nSPS) is 23.3. The Morgan fingerprint density at radius 2 is 2.00 bits per heavy atom. The van der Waals surface area contributed by atoms with Crippen LogP contribution in [0, 0.1) is 12.3 Å². The average Bonchev–Trinajstić information content (AvgIpc) is 2.18. The van der Waals surface area contributed by atoms with Crippen LogP contribution in [0.2, 0.25) is 0 Å². The van der Waals surface area contributed by atoms with E-state index in [0.29, 0.717) is 5.41 Å². The van der Waals surface area contributed by atoms with Crippen LogP contribution in [-0.4, -0.2) is 6.04 Å². The Labute approximate surface area is 105 Å². The second kappa shape index (κ2) is 4.66. The van der Waals surface area contributed by atoms with Crippen molar-refractivity contribution < 1.29 is 0 Å². The van der Waals surface area contributed by atoms with Crippen molar-refractivity contribution in [3.05, 3.63) is 47.0 Å². The highest BCUT2D eigenvalue weighted by Crippen LogP contribution is 2.36. The van der Waals surface area contributed by atoms with E-state index in [2.05, 4.69) is 51.1 Å². The third kappa shape index (κ3) is 3.19. The molecule has 0 spiro atoms. The Morgan fingerprint density at radius 3 is 2.65 bits per heavy atom. The largest absolute Gasteiger partial charge is 0.324 e. The average molecular weight is 229 g/mol. The molecule has 0 saturated carbocycles. The molecule has 17 heavy (non-hydrogen) atoms. The first-order valence-corrected chi connectivity index (χ1v) is 6.46. The highest BCUT2D eigenvalue weighted by Gasteiger charge is 2.26.